The molecule has 0 aliphatic rings. The van der Waals surface area contributed by atoms with E-state index in [2.05, 4.69) is 10.3 Å². The molecule has 27 heavy (non-hydrogen) atoms. The lowest BCUT2D eigenvalue weighted by molar-refractivity contribution is -0.115. The highest BCUT2D eigenvalue weighted by molar-refractivity contribution is 6.31. The molecule has 0 saturated heterocycles. The van der Waals surface area contributed by atoms with Crippen LogP contribution in [0.25, 0.3) is 22.6 Å². The predicted molar refractivity (Wildman–Crippen MR) is 108 cm³/mol. The summed E-state index contributed by atoms with van der Waals surface area (Å²) in [5.74, 6) is 0.364. The van der Waals surface area contributed by atoms with Crippen molar-refractivity contribution in [3.8, 4) is 11.5 Å². The lowest BCUT2D eigenvalue weighted by atomic mass is 10.1. The molecule has 134 valence electrons. The van der Waals surface area contributed by atoms with E-state index in [-0.39, 0.29) is 12.3 Å². The maximum Gasteiger partial charge on any atom is 0.228 e. The van der Waals surface area contributed by atoms with Crippen molar-refractivity contribution in [3.05, 3.63) is 82.3 Å². The van der Waals surface area contributed by atoms with Crippen LogP contribution in [0.1, 0.15) is 5.56 Å². The van der Waals surface area contributed by atoms with Crippen molar-refractivity contribution in [2.24, 2.45) is 0 Å². The summed E-state index contributed by atoms with van der Waals surface area (Å²) in [6.07, 6.45) is 0.263. The number of fused-ring (bicyclic) bond motifs is 1. The highest BCUT2D eigenvalue weighted by Crippen LogP contribution is 2.27. The summed E-state index contributed by atoms with van der Waals surface area (Å²) in [5, 5.41) is 4.13. The topological polar surface area (TPSA) is 55.1 Å². The molecule has 0 radical (unpaired) electrons. The minimum absolute atomic E-state index is 0.119. The Morgan fingerprint density at radius 3 is 2.56 bits per heavy atom. The van der Waals surface area contributed by atoms with E-state index in [1.54, 1.807) is 36.4 Å². The van der Waals surface area contributed by atoms with Crippen LogP contribution in [0.5, 0.6) is 0 Å². The van der Waals surface area contributed by atoms with E-state index in [4.69, 9.17) is 27.6 Å². The lowest BCUT2D eigenvalue weighted by Gasteiger charge is -2.05. The predicted octanol–water partition coefficient (Wildman–Crippen LogP) is 5.98. The Hall–Kier alpha value is -2.82. The summed E-state index contributed by atoms with van der Waals surface area (Å²) in [6.45, 7) is 0. The molecule has 0 saturated carbocycles. The molecule has 4 nitrogen and oxygen atoms in total. The molecule has 1 aromatic heterocycles. The first-order valence-corrected chi connectivity index (χ1v) is 9.03. The van der Waals surface area contributed by atoms with Crippen molar-refractivity contribution in [2.45, 2.75) is 6.42 Å². The molecule has 6 heteroatoms. The van der Waals surface area contributed by atoms with Crippen molar-refractivity contribution < 1.29 is 9.21 Å². The number of oxazole rings is 1. The normalized spacial score (nSPS) is 10.9. The fourth-order valence-corrected chi connectivity index (χ4v) is 3.06. The second kappa shape index (κ2) is 7.43. The number of rotatable bonds is 4. The van der Waals surface area contributed by atoms with Crippen LogP contribution in [-0.4, -0.2) is 10.9 Å². The molecule has 1 N–H and O–H groups in total. The molecule has 0 atom stereocenters. The Balaban J connectivity index is 1.53. The largest absolute Gasteiger partial charge is 0.436 e. The summed E-state index contributed by atoms with van der Waals surface area (Å²) in [5.41, 5.74) is 3.64. The number of aromatic nitrogens is 1. The van der Waals surface area contributed by atoms with Crippen molar-refractivity contribution >= 4 is 45.9 Å². The Kier molecular flexibility index (Phi) is 4.84. The monoisotopic (exact) mass is 396 g/mol. The molecular formula is C21H14Cl2N2O2. The number of nitrogens with one attached hydrogen (secondary N) is 1. The second-order valence-electron chi connectivity index (χ2n) is 6.06. The molecule has 0 aliphatic heterocycles. The van der Waals surface area contributed by atoms with Gasteiger partial charge in [0, 0.05) is 27.4 Å². The van der Waals surface area contributed by atoms with Crippen molar-refractivity contribution in [2.75, 3.05) is 5.32 Å². The van der Waals surface area contributed by atoms with Crippen LogP contribution < -0.4 is 5.32 Å². The maximum atomic E-state index is 12.3. The minimum atomic E-state index is -0.119. The van der Waals surface area contributed by atoms with Crippen LogP contribution in [0, 0.1) is 0 Å². The number of carbonyl (C=O) groups excluding carboxylic acids is 1. The maximum absolute atomic E-state index is 12.3. The molecule has 1 amide bonds. The number of carbonyl (C=O) groups is 1. The molecule has 0 fully saturated rings. The number of anilines is 1. The number of halogens is 2. The third-order valence-electron chi connectivity index (χ3n) is 4.02. The van der Waals surface area contributed by atoms with E-state index in [9.17, 15) is 4.79 Å². The first-order valence-electron chi connectivity index (χ1n) is 8.28. The van der Waals surface area contributed by atoms with E-state index in [0.29, 0.717) is 32.7 Å². The van der Waals surface area contributed by atoms with Crippen LogP contribution in [0.15, 0.2) is 71.1 Å². The summed E-state index contributed by atoms with van der Waals surface area (Å²) in [7, 11) is 0. The molecule has 3 aromatic carbocycles. The molecule has 4 rings (SSSR count). The fourth-order valence-electron chi connectivity index (χ4n) is 2.74. The fraction of sp³-hybridized carbons (Fsp3) is 0.0476. The van der Waals surface area contributed by atoms with E-state index >= 15 is 0 Å². The van der Waals surface area contributed by atoms with Gasteiger partial charge in [-0.25, -0.2) is 4.98 Å². The van der Waals surface area contributed by atoms with Crippen LogP contribution in [0.3, 0.4) is 0 Å². The summed E-state index contributed by atoms with van der Waals surface area (Å²) in [6, 6.07) is 19.9. The van der Waals surface area contributed by atoms with E-state index in [0.717, 1.165) is 11.1 Å². The zero-order valence-electron chi connectivity index (χ0n) is 14.1. The van der Waals surface area contributed by atoms with Gasteiger partial charge in [-0.3, -0.25) is 4.79 Å². The number of amides is 1. The summed E-state index contributed by atoms with van der Waals surface area (Å²) in [4.78, 5) is 16.7. The third kappa shape index (κ3) is 4.13. The number of hydrogen-bond donors (Lipinski definition) is 1. The lowest BCUT2D eigenvalue weighted by Crippen LogP contribution is -2.14. The van der Waals surface area contributed by atoms with Gasteiger partial charge in [0.2, 0.25) is 11.8 Å². The Bertz CT molecular complexity index is 1120. The zero-order chi connectivity index (χ0) is 18.8. The molecule has 1 heterocycles. The van der Waals surface area contributed by atoms with Crippen molar-refractivity contribution in [1.82, 2.24) is 4.98 Å². The van der Waals surface area contributed by atoms with E-state index in [1.165, 1.54) is 0 Å². The van der Waals surface area contributed by atoms with Gasteiger partial charge in [0.1, 0.15) is 5.52 Å². The number of benzene rings is 3. The highest BCUT2D eigenvalue weighted by atomic mass is 35.5. The van der Waals surface area contributed by atoms with Crippen LogP contribution >= 0.6 is 23.2 Å². The van der Waals surface area contributed by atoms with Gasteiger partial charge in [-0.05, 0) is 48.0 Å². The molecule has 0 bridgehead atoms. The standard InChI is InChI=1S/C21H14Cl2N2O2/c22-15-6-4-13(5-7-15)10-20(26)24-17-8-9-18-19(12-17)27-21(25-18)14-2-1-3-16(23)11-14/h1-9,11-12H,10H2,(H,24,26). The van der Waals surface area contributed by atoms with Gasteiger partial charge in [0.05, 0.1) is 6.42 Å². The smallest absolute Gasteiger partial charge is 0.228 e. The molecule has 0 unspecified atom stereocenters. The van der Waals surface area contributed by atoms with Crippen molar-refractivity contribution in [1.29, 1.82) is 0 Å². The number of hydrogen-bond acceptors (Lipinski definition) is 3. The van der Waals surface area contributed by atoms with Gasteiger partial charge in [-0.1, -0.05) is 41.4 Å². The first-order chi connectivity index (χ1) is 13.1. The van der Waals surface area contributed by atoms with Gasteiger partial charge < -0.3 is 9.73 Å². The van der Waals surface area contributed by atoms with E-state index < -0.39 is 0 Å². The highest BCUT2D eigenvalue weighted by Gasteiger charge is 2.11. The SMILES string of the molecule is O=C(Cc1ccc(Cl)cc1)Nc1ccc2nc(-c3cccc(Cl)c3)oc2c1. The minimum Gasteiger partial charge on any atom is -0.436 e. The van der Waals surface area contributed by atoms with Gasteiger partial charge in [0.25, 0.3) is 0 Å². The summed E-state index contributed by atoms with van der Waals surface area (Å²) < 4.78 is 5.83. The average molecular weight is 397 g/mol. The Labute approximate surface area is 165 Å². The second-order valence-corrected chi connectivity index (χ2v) is 6.94. The van der Waals surface area contributed by atoms with Crippen LogP contribution in [-0.2, 0) is 11.2 Å². The van der Waals surface area contributed by atoms with Crippen LogP contribution in [0.4, 0.5) is 5.69 Å². The molecule has 0 spiro atoms. The van der Waals surface area contributed by atoms with Gasteiger partial charge in [-0.15, -0.1) is 0 Å². The number of nitrogens with zero attached hydrogens (tertiary/aromatic N) is 1. The first kappa shape index (κ1) is 17.6. The van der Waals surface area contributed by atoms with Gasteiger partial charge in [0.15, 0.2) is 5.58 Å². The Morgan fingerprint density at radius 2 is 1.78 bits per heavy atom. The summed E-state index contributed by atoms with van der Waals surface area (Å²) >= 11 is 11.9. The molecular weight excluding hydrogens is 383 g/mol. The molecule has 4 aromatic rings. The molecule has 0 aliphatic carbocycles. The van der Waals surface area contributed by atoms with Crippen LogP contribution in [0.2, 0.25) is 10.0 Å². The third-order valence-corrected chi connectivity index (χ3v) is 4.51. The van der Waals surface area contributed by atoms with Gasteiger partial charge >= 0.3 is 0 Å². The van der Waals surface area contributed by atoms with Gasteiger partial charge in [-0.2, -0.15) is 0 Å². The van der Waals surface area contributed by atoms with E-state index in [1.807, 2.05) is 30.3 Å². The van der Waals surface area contributed by atoms with Crippen molar-refractivity contribution in [3.63, 3.8) is 0 Å². The quantitative estimate of drug-likeness (QED) is 0.461. The average Bonchev–Trinajstić information content (AvgIpc) is 3.07. The zero-order valence-corrected chi connectivity index (χ0v) is 15.6. The Morgan fingerprint density at radius 1 is 0.963 bits per heavy atom.